The molecule has 2 heterocycles. The van der Waals surface area contributed by atoms with Crippen LogP contribution >= 0.6 is 0 Å². The van der Waals surface area contributed by atoms with E-state index in [1.807, 2.05) is 39.0 Å². The number of aryl methyl sites for hydroxylation is 1. The smallest absolute Gasteiger partial charge is 0.228 e. The highest BCUT2D eigenvalue weighted by molar-refractivity contribution is 5.90. The Morgan fingerprint density at radius 2 is 2.12 bits per heavy atom. The highest BCUT2D eigenvalue weighted by Gasteiger charge is 2.23. The molecule has 1 aliphatic rings. The fraction of sp³-hybridized carbons (Fsp3) is 0.421. The zero-order valence-corrected chi connectivity index (χ0v) is 14.4. The summed E-state index contributed by atoms with van der Waals surface area (Å²) in [6, 6.07) is 9.95. The molecule has 5 nitrogen and oxygen atoms in total. The van der Waals surface area contributed by atoms with Crippen LogP contribution in [0.5, 0.6) is 0 Å². The molecule has 1 amide bonds. The van der Waals surface area contributed by atoms with Crippen LogP contribution in [0, 0.1) is 6.92 Å². The highest BCUT2D eigenvalue weighted by Crippen LogP contribution is 2.29. The molecule has 1 atom stereocenters. The second kappa shape index (κ2) is 7.09. The first kappa shape index (κ1) is 16.6. The largest absolute Gasteiger partial charge is 0.373 e. The van der Waals surface area contributed by atoms with Gasteiger partial charge in [0, 0.05) is 17.7 Å². The molecule has 0 aliphatic carbocycles. The summed E-state index contributed by atoms with van der Waals surface area (Å²) in [4.78, 5) is 21.3. The van der Waals surface area contributed by atoms with E-state index in [0.717, 1.165) is 23.5 Å². The van der Waals surface area contributed by atoms with Crippen LogP contribution in [0.3, 0.4) is 0 Å². The number of nitrogens with zero attached hydrogens (tertiary/aromatic N) is 2. The van der Waals surface area contributed by atoms with Crippen LogP contribution < -0.4 is 5.32 Å². The van der Waals surface area contributed by atoms with E-state index in [4.69, 9.17) is 4.74 Å². The van der Waals surface area contributed by atoms with Crippen molar-refractivity contribution in [3.8, 4) is 0 Å². The van der Waals surface area contributed by atoms with Gasteiger partial charge in [-0.1, -0.05) is 38.1 Å². The Morgan fingerprint density at radius 1 is 1.33 bits per heavy atom. The van der Waals surface area contributed by atoms with E-state index in [2.05, 4.69) is 21.4 Å². The Balaban J connectivity index is 1.71. The lowest BCUT2D eigenvalue weighted by Gasteiger charge is -2.25. The van der Waals surface area contributed by atoms with E-state index < -0.39 is 0 Å². The van der Waals surface area contributed by atoms with Crippen molar-refractivity contribution in [3.05, 3.63) is 53.0 Å². The Kier molecular flexibility index (Phi) is 4.90. The maximum atomic E-state index is 12.4. The minimum absolute atomic E-state index is 0.0930. The maximum absolute atomic E-state index is 12.4. The summed E-state index contributed by atoms with van der Waals surface area (Å²) < 4.78 is 5.80. The van der Waals surface area contributed by atoms with Crippen molar-refractivity contribution in [2.45, 2.75) is 45.6 Å². The first-order valence-electron chi connectivity index (χ1n) is 8.38. The van der Waals surface area contributed by atoms with Gasteiger partial charge in [0.25, 0.3) is 0 Å². The molecular weight excluding hydrogens is 302 g/mol. The summed E-state index contributed by atoms with van der Waals surface area (Å²) in [5, 5.41) is 2.89. The molecule has 1 aliphatic heterocycles. The molecule has 0 spiro atoms. The molecule has 2 aromatic rings. The first-order chi connectivity index (χ1) is 11.5. The molecular formula is C19H23N3O2. The molecule has 24 heavy (non-hydrogen) atoms. The SMILES string of the molecule is Cc1cc(NC(=O)CC2OCCc3ccccc32)nc(C(C)C)n1. The van der Waals surface area contributed by atoms with Crippen molar-refractivity contribution in [2.75, 3.05) is 11.9 Å². The number of nitrogens with one attached hydrogen (secondary N) is 1. The lowest BCUT2D eigenvalue weighted by molar-refractivity contribution is -0.119. The highest BCUT2D eigenvalue weighted by atomic mass is 16.5. The van der Waals surface area contributed by atoms with Gasteiger partial charge in [-0.15, -0.1) is 0 Å². The van der Waals surface area contributed by atoms with Crippen molar-refractivity contribution >= 4 is 11.7 Å². The molecule has 1 N–H and O–H groups in total. The minimum atomic E-state index is -0.192. The molecule has 1 unspecified atom stereocenters. The number of rotatable bonds is 4. The van der Waals surface area contributed by atoms with E-state index in [9.17, 15) is 4.79 Å². The third-order valence-electron chi connectivity index (χ3n) is 4.12. The van der Waals surface area contributed by atoms with Gasteiger partial charge < -0.3 is 10.1 Å². The van der Waals surface area contributed by atoms with Crippen molar-refractivity contribution in [3.63, 3.8) is 0 Å². The van der Waals surface area contributed by atoms with Gasteiger partial charge >= 0.3 is 0 Å². The van der Waals surface area contributed by atoms with Gasteiger partial charge in [0.2, 0.25) is 5.91 Å². The summed E-state index contributed by atoms with van der Waals surface area (Å²) in [6.07, 6.45) is 0.997. The van der Waals surface area contributed by atoms with Crippen LogP contribution in [-0.4, -0.2) is 22.5 Å². The lowest BCUT2D eigenvalue weighted by Crippen LogP contribution is -2.22. The van der Waals surface area contributed by atoms with Gasteiger partial charge in [-0.3, -0.25) is 4.79 Å². The van der Waals surface area contributed by atoms with Crippen molar-refractivity contribution in [1.29, 1.82) is 0 Å². The number of carbonyl (C=O) groups is 1. The van der Waals surface area contributed by atoms with Gasteiger partial charge in [-0.25, -0.2) is 9.97 Å². The fourth-order valence-electron chi connectivity index (χ4n) is 2.92. The minimum Gasteiger partial charge on any atom is -0.373 e. The number of carbonyl (C=O) groups excluding carboxylic acids is 1. The fourth-order valence-corrected chi connectivity index (χ4v) is 2.92. The molecule has 0 bridgehead atoms. The normalized spacial score (nSPS) is 16.8. The topological polar surface area (TPSA) is 64.1 Å². The van der Waals surface area contributed by atoms with Gasteiger partial charge in [0.1, 0.15) is 11.6 Å². The molecule has 1 aromatic carbocycles. The Bertz CT molecular complexity index is 743. The molecule has 3 rings (SSSR count). The third-order valence-corrected chi connectivity index (χ3v) is 4.12. The van der Waals surface area contributed by atoms with Crippen LogP contribution in [-0.2, 0) is 16.0 Å². The van der Waals surface area contributed by atoms with Crippen LogP contribution in [0.2, 0.25) is 0 Å². The number of benzene rings is 1. The second-order valence-corrected chi connectivity index (χ2v) is 6.47. The second-order valence-electron chi connectivity index (χ2n) is 6.47. The van der Waals surface area contributed by atoms with Gasteiger partial charge in [0.15, 0.2) is 0 Å². The number of hydrogen-bond donors (Lipinski definition) is 1. The van der Waals surface area contributed by atoms with Gasteiger partial charge in [-0.05, 0) is 24.5 Å². The molecule has 5 heteroatoms. The Labute approximate surface area is 142 Å². The number of aromatic nitrogens is 2. The molecule has 126 valence electrons. The maximum Gasteiger partial charge on any atom is 0.228 e. The Morgan fingerprint density at radius 3 is 2.92 bits per heavy atom. The summed E-state index contributed by atoms with van der Waals surface area (Å²) >= 11 is 0. The number of ether oxygens (including phenoxy) is 1. The first-order valence-corrected chi connectivity index (χ1v) is 8.38. The monoisotopic (exact) mass is 325 g/mol. The zero-order chi connectivity index (χ0) is 17.1. The van der Waals surface area contributed by atoms with Crippen LogP contribution in [0.15, 0.2) is 30.3 Å². The predicted molar refractivity (Wildman–Crippen MR) is 92.9 cm³/mol. The van der Waals surface area contributed by atoms with Gasteiger partial charge in [-0.2, -0.15) is 0 Å². The van der Waals surface area contributed by atoms with E-state index in [-0.39, 0.29) is 24.3 Å². The van der Waals surface area contributed by atoms with E-state index in [1.54, 1.807) is 6.07 Å². The molecule has 0 saturated carbocycles. The van der Waals surface area contributed by atoms with Crippen molar-refractivity contribution in [1.82, 2.24) is 9.97 Å². The molecule has 0 saturated heterocycles. The molecule has 1 aromatic heterocycles. The number of amides is 1. The number of hydrogen-bond acceptors (Lipinski definition) is 4. The van der Waals surface area contributed by atoms with Crippen molar-refractivity contribution in [2.24, 2.45) is 0 Å². The molecule has 0 radical (unpaired) electrons. The molecule has 0 fully saturated rings. The van der Waals surface area contributed by atoms with E-state index in [1.165, 1.54) is 5.56 Å². The van der Waals surface area contributed by atoms with E-state index in [0.29, 0.717) is 12.4 Å². The van der Waals surface area contributed by atoms with Crippen molar-refractivity contribution < 1.29 is 9.53 Å². The van der Waals surface area contributed by atoms with Crippen LogP contribution in [0.25, 0.3) is 0 Å². The Hall–Kier alpha value is -2.27. The standard InChI is InChI=1S/C19H23N3O2/c1-12(2)19-20-13(3)10-17(22-19)21-18(23)11-16-15-7-5-4-6-14(15)8-9-24-16/h4-7,10,12,16H,8-9,11H2,1-3H3,(H,20,21,22,23). The average Bonchev–Trinajstić information content (AvgIpc) is 2.54. The number of fused-ring (bicyclic) bond motifs is 1. The quantitative estimate of drug-likeness (QED) is 0.933. The van der Waals surface area contributed by atoms with E-state index >= 15 is 0 Å². The summed E-state index contributed by atoms with van der Waals surface area (Å²) in [5.74, 6) is 1.42. The van der Waals surface area contributed by atoms with Crippen LogP contribution in [0.4, 0.5) is 5.82 Å². The van der Waals surface area contributed by atoms with Gasteiger partial charge in [0.05, 0.1) is 19.1 Å². The van der Waals surface area contributed by atoms with Crippen LogP contribution in [0.1, 0.15) is 54.9 Å². The summed E-state index contributed by atoms with van der Waals surface area (Å²) in [7, 11) is 0. The summed E-state index contributed by atoms with van der Waals surface area (Å²) in [5.41, 5.74) is 3.23. The summed E-state index contributed by atoms with van der Waals surface area (Å²) in [6.45, 7) is 6.63. The third kappa shape index (κ3) is 3.79. The number of anilines is 1. The predicted octanol–water partition coefficient (Wildman–Crippen LogP) is 3.55. The lowest BCUT2D eigenvalue weighted by atomic mass is 9.95. The average molecular weight is 325 g/mol. The zero-order valence-electron chi connectivity index (χ0n) is 14.4.